The molecule has 1 aromatic heterocycles. The van der Waals surface area contributed by atoms with Crippen LogP contribution in [0.2, 0.25) is 0 Å². The molecule has 68 valence electrons. The van der Waals surface area contributed by atoms with Crippen molar-refractivity contribution in [3.63, 3.8) is 0 Å². The summed E-state index contributed by atoms with van der Waals surface area (Å²) in [5.74, 6) is -4.36. The van der Waals surface area contributed by atoms with Gasteiger partial charge in [-0.25, -0.2) is 4.79 Å². The number of hydrogen-bond donors (Lipinski definition) is 3. The summed E-state index contributed by atoms with van der Waals surface area (Å²) in [6.07, 6.45) is 1.35. The fourth-order valence-electron chi connectivity index (χ4n) is 0.602. The van der Waals surface area contributed by atoms with Crippen LogP contribution in [0.25, 0.3) is 0 Å². The van der Waals surface area contributed by atoms with Crippen LogP contribution in [0.5, 0.6) is 0 Å². The van der Waals surface area contributed by atoms with Crippen molar-refractivity contribution in [3.8, 4) is 0 Å². The van der Waals surface area contributed by atoms with E-state index < -0.39 is 17.7 Å². The van der Waals surface area contributed by atoms with Crippen molar-refractivity contribution in [1.82, 2.24) is 10.2 Å². The molecule has 0 aromatic carbocycles. The highest BCUT2D eigenvalue weighted by Gasteiger charge is 2.21. The van der Waals surface area contributed by atoms with Crippen LogP contribution in [-0.4, -0.2) is 33.0 Å². The van der Waals surface area contributed by atoms with Crippen molar-refractivity contribution in [2.45, 2.75) is 0 Å². The van der Waals surface area contributed by atoms with Gasteiger partial charge in [-0.15, -0.1) is 0 Å². The standard InChI is InChI=1S/C6H5N3O4/c10-4(6(12)13)5(11)8-3-1-2-7-9-3/h1-2H,(H,12,13)(H2,7,8,9,11). The molecule has 0 aliphatic rings. The number of carbonyl (C=O) groups excluding carboxylic acids is 2. The zero-order valence-electron chi connectivity index (χ0n) is 6.27. The molecule has 7 heteroatoms. The molecule has 0 aliphatic heterocycles. The molecule has 13 heavy (non-hydrogen) atoms. The van der Waals surface area contributed by atoms with Gasteiger partial charge >= 0.3 is 17.7 Å². The Morgan fingerprint density at radius 2 is 2.15 bits per heavy atom. The molecule has 0 aliphatic carbocycles. The van der Waals surface area contributed by atoms with Gasteiger partial charge < -0.3 is 10.4 Å². The van der Waals surface area contributed by atoms with Crippen LogP contribution in [0.1, 0.15) is 0 Å². The lowest BCUT2D eigenvalue weighted by molar-refractivity contribution is -0.152. The van der Waals surface area contributed by atoms with Gasteiger partial charge in [0.25, 0.3) is 0 Å². The molecule has 0 fully saturated rings. The number of Topliss-reactive ketones (excluding diaryl/α,β-unsaturated/α-hetero) is 1. The molecule has 1 amide bonds. The molecule has 3 N–H and O–H groups in total. The van der Waals surface area contributed by atoms with E-state index in [0.717, 1.165) is 0 Å². The summed E-state index contributed by atoms with van der Waals surface area (Å²) in [5.41, 5.74) is 0. The second-order valence-corrected chi connectivity index (χ2v) is 2.06. The van der Waals surface area contributed by atoms with E-state index in [1.54, 1.807) is 0 Å². The lowest BCUT2D eigenvalue weighted by atomic mass is 10.4. The van der Waals surface area contributed by atoms with E-state index in [9.17, 15) is 14.4 Å². The van der Waals surface area contributed by atoms with Crippen LogP contribution in [0.3, 0.4) is 0 Å². The van der Waals surface area contributed by atoms with Gasteiger partial charge in [-0.1, -0.05) is 0 Å². The van der Waals surface area contributed by atoms with Crippen LogP contribution in [0, 0.1) is 0 Å². The Labute approximate surface area is 71.8 Å². The van der Waals surface area contributed by atoms with Crippen LogP contribution in [0.15, 0.2) is 12.3 Å². The van der Waals surface area contributed by atoms with Crippen LogP contribution in [0.4, 0.5) is 5.82 Å². The summed E-state index contributed by atoms with van der Waals surface area (Å²) in [7, 11) is 0. The smallest absolute Gasteiger partial charge is 0.382 e. The zero-order valence-corrected chi connectivity index (χ0v) is 6.27. The molecule has 1 aromatic rings. The second kappa shape index (κ2) is 3.48. The van der Waals surface area contributed by atoms with E-state index in [-0.39, 0.29) is 5.82 Å². The Balaban J connectivity index is 2.61. The highest BCUT2D eigenvalue weighted by Crippen LogP contribution is 1.97. The number of hydrogen-bond acceptors (Lipinski definition) is 4. The van der Waals surface area contributed by atoms with Crippen molar-refractivity contribution in [2.24, 2.45) is 0 Å². The maximum Gasteiger partial charge on any atom is 0.382 e. The predicted octanol–water partition coefficient (Wildman–Crippen LogP) is -0.998. The normalized spacial score (nSPS) is 9.23. The minimum Gasteiger partial charge on any atom is -0.475 e. The minimum absolute atomic E-state index is 0.166. The number of aromatic nitrogens is 2. The third kappa shape index (κ3) is 2.12. The van der Waals surface area contributed by atoms with E-state index in [0.29, 0.717) is 0 Å². The van der Waals surface area contributed by atoms with Gasteiger partial charge in [0.2, 0.25) is 0 Å². The first-order valence-corrected chi connectivity index (χ1v) is 3.19. The van der Waals surface area contributed by atoms with Crippen molar-refractivity contribution >= 4 is 23.5 Å². The molecule has 0 spiro atoms. The van der Waals surface area contributed by atoms with Crippen molar-refractivity contribution in [3.05, 3.63) is 12.3 Å². The van der Waals surface area contributed by atoms with Gasteiger partial charge in [-0.05, 0) is 0 Å². The van der Waals surface area contributed by atoms with Gasteiger partial charge in [0.1, 0.15) is 5.82 Å². The summed E-state index contributed by atoms with van der Waals surface area (Å²) in [6.45, 7) is 0. The Kier molecular flexibility index (Phi) is 2.38. The van der Waals surface area contributed by atoms with Crippen LogP contribution in [-0.2, 0) is 14.4 Å². The summed E-state index contributed by atoms with van der Waals surface area (Å²) in [4.78, 5) is 31.3. The number of carboxylic acids is 1. The van der Waals surface area contributed by atoms with E-state index in [1.807, 2.05) is 5.32 Å². The van der Waals surface area contributed by atoms with Gasteiger partial charge in [-0.2, -0.15) is 5.10 Å². The topological polar surface area (TPSA) is 112 Å². The largest absolute Gasteiger partial charge is 0.475 e. The molecule has 7 nitrogen and oxygen atoms in total. The fourth-order valence-corrected chi connectivity index (χ4v) is 0.602. The number of amides is 1. The van der Waals surface area contributed by atoms with Gasteiger partial charge in [0.05, 0.1) is 6.20 Å². The summed E-state index contributed by atoms with van der Waals surface area (Å²) < 4.78 is 0. The minimum atomic E-state index is -1.79. The summed E-state index contributed by atoms with van der Waals surface area (Å²) >= 11 is 0. The number of H-pyrrole nitrogens is 1. The first-order chi connectivity index (χ1) is 6.11. The second-order valence-electron chi connectivity index (χ2n) is 2.06. The first kappa shape index (κ1) is 8.91. The molecular formula is C6H5N3O4. The highest BCUT2D eigenvalue weighted by atomic mass is 16.4. The molecule has 0 unspecified atom stereocenters. The number of ketones is 1. The molecule has 0 saturated carbocycles. The van der Waals surface area contributed by atoms with Gasteiger partial charge in [0.15, 0.2) is 0 Å². The lowest BCUT2D eigenvalue weighted by Gasteiger charge is -1.96. The van der Waals surface area contributed by atoms with Crippen molar-refractivity contribution in [2.75, 3.05) is 5.32 Å². The molecular weight excluding hydrogens is 178 g/mol. The molecule has 0 radical (unpaired) electrons. The van der Waals surface area contributed by atoms with Crippen LogP contribution < -0.4 is 5.32 Å². The molecule has 1 rings (SSSR count). The number of rotatable bonds is 3. The Morgan fingerprint density at radius 3 is 2.62 bits per heavy atom. The Bertz CT molecular complexity index is 343. The van der Waals surface area contributed by atoms with Crippen molar-refractivity contribution < 1.29 is 19.5 Å². The first-order valence-electron chi connectivity index (χ1n) is 3.19. The third-order valence-electron chi connectivity index (χ3n) is 1.15. The lowest BCUT2D eigenvalue weighted by Crippen LogP contribution is -2.29. The SMILES string of the molecule is O=C(O)C(=O)C(=O)Nc1ccn[nH]1. The van der Waals surface area contributed by atoms with Gasteiger partial charge in [-0.3, -0.25) is 14.7 Å². The molecule has 0 saturated heterocycles. The van der Waals surface area contributed by atoms with E-state index in [4.69, 9.17) is 5.11 Å². The number of nitrogens with one attached hydrogen (secondary N) is 2. The molecule has 1 heterocycles. The average molecular weight is 183 g/mol. The molecule has 0 atom stereocenters. The number of anilines is 1. The van der Waals surface area contributed by atoms with Crippen LogP contribution >= 0.6 is 0 Å². The number of nitrogens with zero attached hydrogens (tertiary/aromatic N) is 1. The third-order valence-corrected chi connectivity index (χ3v) is 1.15. The Hall–Kier alpha value is -2.18. The van der Waals surface area contributed by atoms with Crippen molar-refractivity contribution in [1.29, 1.82) is 0 Å². The number of carboxylic acid groups (broad SMARTS) is 1. The number of aliphatic carboxylic acids is 1. The average Bonchev–Trinajstić information content (AvgIpc) is 2.55. The van der Waals surface area contributed by atoms with E-state index in [1.165, 1.54) is 12.3 Å². The number of carbonyl (C=O) groups is 3. The number of aromatic amines is 1. The van der Waals surface area contributed by atoms with E-state index in [2.05, 4.69) is 10.2 Å². The summed E-state index contributed by atoms with van der Waals surface area (Å²) in [6, 6.07) is 1.38. The monoisotopic (exact) mass is 183 g/mol. The van der Waals surface area contributed by atoms with E-state index >= 15 is 0 Å². The zero-order chi connectivity index (χ0) is 9.84. The quantitative estimate of drug-likeness (QED) is 0.411. The maximum absolute atomic E-state index is 10.8. The molecule has 0 bridgehead atoms. The summed E-state index contributed by atoms with van der Waals surface area (Å²) in [5, 5.41) is 16.0. The predicted molar refractivity (Wildman–Crippen MR) is 39.9 cm³/mol. The van der Waals surface area contributed by atoms with Gasteiger partial charge in [0, 0.05) is 6.07 Å². The Morgan fingerprint density at radius 1 is 1.46 bits per heavy atom. The highest BCUT2D eigenvalue weighted by molar-refractivity contribution is 6.63. The fraction of sp³-hybridized carbons (Fsp3) is 0. The maximum atomic E-state index is 10.8.